The van der Waals surface area contributed by atoms with E-state index in [1.807, 2.05) is 0 Å². The van der Waals surface area contributed by atoms with Gasteiger partial charge in [-0.1, -0.05) is 26.2 Å². The molecule has 0 radical (unpaired) electrons. The molecule has 0 spiro atoms. The van der Waals surface area contributed by atoms with Crippen LogP contribution in [0.15, 0.2) is 18.2 Å². The fraction of sp³-hybridized carbons (Fsp3) is 0.720. The van der Waals surface area contributed by atoms with E-state index in [4.69, 9.17) is 9.47 Å². The van der Waals surface area contributed by atoms with Gasteiger partial charge in [0.1, 0.15) is 12.4 Å². The average molecular weight is 496 g/mol. The van der Waals surface area contributed by atoms with Gasteiger partial charge in [-0.2, -0.15) is 0 Å². The first kappa shape index (κ1) is 26.8. The van der Waals surface area contributed by atoms with Gasteiger partial charge in [0.25, 0.3) is 5.91 Å². The Bertz CT molecular complexity index is 932. The molecule has 1 aliphatic carbocycles. The molecule has 1 N–H and O–H groups in total. The van der Waals surface area contributed by atoms with E-state index in [1.54, 1.807) is 37.3 Å². The zero-order valence-electron chi connectivity index (χ0n) is 21.2. The molecule has 1 aliphatic heterocycles. The number of rotatable bonds is 5. The number of hydrogen-bond acceptors (Lipinski definition) is 6. The predicted molar refractivity (Wildman–Crippen MR) is 135 cm³/mol. The molecule has 3 atom stereocenters. The fourth-order valence-corrected chi connectivity index (χ4v) is 5.64. The van der Waals surface area contributed by atoms with Gasteiger partial charge in [-0.15, -0.1) is 0 Å². The van der Waals surface area contributed by atoms with Gasteiger partial charge in [0.15, 0.2) is 0 Å². The number of carbonyl (C=O) groups is 1. The summed E-state index contributed by atoms with van der Waals surface area (Å²) in [5.41, 5.74) is 0.787. The molecule has 34 heavy (non-hydrogen) atoms. The Balaban J connectivity index is 1.91. The summed E-state index contributed by atoms with van der Waals surface area (Å²) in [5.74, 6) is 1.14. The van der Waals surface area contributed by atoms with Crippen molar-refractivity contribution in [3.63, 3.8) is 0 Å². The molecule has 1 saturated carbocycles. The van der Waals surface area contributed by atoms with Crippen LogP contribution in [0, 0.1) is 11.8 Å². The van der Waals surface area contributed by atoms with Gasteiger partial charge in [-0.3, -0.25) is 14.4 Å². The standard InChI is InChI=1S/C25H41N3O5S/c1-18-14-28(15-20-9-7-6-8-10-20)19(2)17-33-23-13-21(26-34(5,30)31)11-12-22(23)25(29)27(3)16-24(18)32-4/h11-13,18-20,24,26H,6-10,14-17H2,1-5H3/t18-,19+,24-/m0/s1. The van der Waals surface area contributed by atoms with Crippen LogP contribution < -0.4 is 9.46 Å². The number of likely N-dealkylation sites (N-methyl/N-ethyl adjacent to an activating group) is 1. The smallest absolute Gasteiger partial charge is 0.257 e. The van der Waals surface area contributed by atoms with Crippen molar-refractivity contribution in [3.8, 4) is 5.75 Å². The second-order valence-corrected chi connectivity index (χ2v) is 11.9. The van der Waals surface area contributed by atoms with Gasteiger partial charge in [0, 0.05) is 45.9 Å². The molecule has 1 fully saturated rings. The first-order valence-corrected chi connectivity index (χ1v) is 14.2. The Kier molecular flexibility index (Phi) is 9.23. The van der Waals surface area contributed by atoms with Gasteiger partial charge in [0.05, 0.1) is 23.6 Å². The molecule has 1 amide bonds. The monoisotopic (exact) mass is 495 g/mol. The van der Waals surface area contributed by atoms with Gasteiger partial charge < -0.3 is 14.4 Å². The largest absolute Gasteiger partial charge is 0.491 e. The molecule has 0 saturated heterocycles. The van der Waals surface area contributed by atoms with Crippen LogP contribution in [0.3, 0.4) is 0 Å². The zero-order chi connectivity index (χ0) is 24.9. The summed E-state index contributed by atoms with van der Waals surface area (Å²) >= 11 is 0. The zero-order valence-corrected chi connectivity index (χ0v) is 22.1. The first-order chi connectivity index (χ1) is 16.1. The molecular formula is C25H41N3O5S. The van der Waals surface area contributed by atoms with Crippen molar-refractivity contribution in [2.75, 3.05) is 51.4 Å². The SMILES string of the molecule is CO[C@H]1CN(C)C(=O)c2ccc(NS(C)(=O)=O)cc2OC[C@@H](C)N(CC2CCCCC2)C[C@@H]1C. The highest BCUT2D eigenvalue weighted by Crippen LogP contribution is 2.29. The third-order valence-electron chi connectivity index (χ3n) is 7.10. The second kappa shape index (κ2) is 11.7. The minimum Gasteiger partial charge on any atom is -0.491 e. The Morgan fingerprint density at radius 3 is 2.50 bits per heavy atom. The number of hydrogen-bond donors (Lipinski definition) is 1. The lowest BCUT2D eigenvalue weighted by molar-refractivity contribution is 0.00690. The summed E-state index contributed by atoms with van der Waals surface area (Å²) in [6, 6.07) is 4.95. The molecule has 1 aromatic carbocycles. The van der Waals surface area contributed by atoms with Crippen LogP contribution in [0.25, 0.3) is 0 Å². The van der Waals surface area contributed by atoms with Crippen molar-refractivity contribution in [1.82, 2.24) is 9.80 Å². The van der Waals surface area contributed by atoms with Crippen LogP contribution in [0.2, 0.25) is 0 Å². The molecule has 3 rings (SSSR count). The van der Waals surface area contributed by atoms with Gasteiger partial charge in [-0.05, 0) is 43.7 Å². The molecule has 9 heteroatoms. The maximum absolute atomic E-state index is 13.3. The quantitative estimate of drug-likeness (QED) is 0.673. The maximum Gasteiger partial charge on any atom is 0.257 e. The Hall–Kier alpha value is -1.84. The Labute approximate surface area is 205 Å². The molecule has 0 aromatic heterocycles. The number of ether oxygens (including phenoxy) is 2. The van der Waals surface area contributed by atoms with E-state index in [0.29, 0.717) is 36.1 Å². The number of carbonyl (C=O) groups excluding carboxylic acids is 1. The predicted octanol–water partition coefficient (Wildman–Crippen LogP) is 3.44. The Morgan fingerprint density at radius 2 is 1.85 bits per heavy atom. The van der Waals surface area contributed by atoms with Crippen molar-refractivity contribution in [2.45, 2.75) is 58.1 Å². The number of benzene rings is 1. The van der Waals surface area contributed by atoms with E-state index < -0.39 is 10.0 Å². The van der Waals surface area contributed by atoms with E-state index in [9.17, 15) is 13.2 Å². The minimum atomic E-state index is -3.45. The number of methoxy groups -OCH3 is 1. The first-order valence-electron chi connectivity index (χ1n) is 12.3. The number of amides is 1. The van der Waals surface area contributed by atoms with Crippen LogP contribution >= 0.6 is 0 Å². The summed E-state index contributed by atoms with van der Waals surface area (Å²) < 4.78 is 38.0. The van der Waals surface area contributed by atoms with Crippen molar-refractivity contribution in [1.29, 1.82) is 0 Å². The highest BCUT2D eigenvalue weighted by Gasteiger charge is 2.29. The summed E-state index contributed by atoms with van der Waals surface area (Å²) in [6.45, 7) is 7.12. The lowest BCUT2D eigenvalue weighted by Crippen LogP contribution is -2.48. The molecule has 8 nitrogen and oxygen atoms in total. The average Bonchev–Trinajstić information content (AvgIpc) is 2.79. The number of anilines is 1. The van der Waals surface area contributed by atoms with E-state index in [-0.39, 0.29) is 24.0 Å². The highest BCUT2D eigenvalue weighted by atomic mass is 32.2. The van der Waals surface area contributed by atoms with Crippen LogP contribution in [0.4, 0.5) is 5.69 Å². The van der Waals surface area contributed by atoms with Crippen molar-refractivity contribution >= 4 is 21.6 Å². The molecule has 1 heterocycles. The minimum absolute atomic E-state index is 0.0926. The summed E-state index contributed by atoms with van der Waals surface area (Å²) in [4.78, 5) is 17.4. The lowest BCUT2D eigenvalue weighted by Gasteiger charge is -2.38. The van der Waals surface area contributed by atoms with Gasteiger partial charge in [0.2, 0.25) is 10.0 Å². The number of nitrogens with one attached hydrogen (secondary N) is 1. The van der Waals surface area contributed by atoms with Crippen LogP contribution in [0.1, 0.15) is 56.3 Å². The van der Waals surface area contributed by atoms with E-state index in [1.165, 1.54) is 32.1 Å². The van der Waals surface area contributed by atoms with Gasteiger partial charge in [-0.25, -0.2) is 8.42 Å². The summed E-state index contributed by atoms with van der Waals surface area (Å²) in [7, 11) is 0.0279. The molecule has 2 aliphatic rings. The van der Waals surface area contributed by atoms with Crippen LogP contribution in [0.5, 0.6) is 5.75 Å². The summed E-state index contributed by atoms with van der Waals surface area (Å²) in [6.07, 6.45) is 7.48. The topological polar surface area (TPSA) is 88.2 Å². The summed E-state index contributed by atoms with van der Waals surface area (Å²) in [5, 5.41) is 0. The van der Waals surface area contributed by atoms with E-state index in [2.05, 4.69) is 23.5 Å². The molecule has 192 valence electrons. The maximum atomic E-state index is 13.3. The van der Waals surface area contributed by atoms with Crippen molar-refractivity contribution in [2.24, 2.45) is 11.8 Å². The van der Waals surface area contributed by atoms with E-state index >= 15 is 0 Å². The molecule has 1 aromatic rings. The molecule has 0 bridgehead atoms. The number of sulfonamides is 1. The highest BCUT2D eigenvalue weighted by molar-refractivity contribution is 7.92. The van der Waals surface area contributed by atoms with Crippen molar-refractivity contribution in [3.05, 3.63) is 23.8 Å². The fourth-order valence-electron chi connectivity index (χ4n) is 5.08. The Morgan fingerprint density at radius 1 is 1.15 bits per heavy atom. The molecular weight excluding hydrogens is 454 g/mol. The number of nitrogens with zero attached hydrogens (tertiary/aromatic N) is 2. The van der Waals surface area contributed by atoms with Crippen LogP contribution in [-0.2, 0) is 14.8 Å². The van der Waals surface area contributed by atoms with Crippen molar-refractivity contribution < 1.29 is 22.7 Å². The lowest BCUT2D eigenvalue weighted by atomic mass is 9.88. The third kappa shape index (κ3) is 7.33. The second-order valence-electron chi connectivity index (χ2n) is 10.1. The van der Waals surface area contributed by atoms with Gasteiger partial charge >= 0.3 is 0 Å². The third-order valence-corrected chi connectivity index (χ3v) is 7.70. The number of fused-ring (bicyclic) bond motifs is 1. The molecule has 0 unspecified atom stereocenters. The van der Waals surface area contributed by atoms with Crippen LogP contribution in [-0.4, -0.2) is 82.9 Å². The normalized spacial score (nSPS) is 26.2. The van der Waals surface area contributed by atoms with E-state index in [0.717, 1.165) is 19.3 Å².